The number of unbranched alkanes of at least 4 members (excludes halogenated alkanes) is 1. The minimum atomic E-state index is -0.537. The van der Waals surface area contributed by atoms with Crippen molar-refractivity contribution in [3.05, 3.63) is 16.0 Å². The van der Waals surface area contributed by atoms with E-state index in [1.54, 1.807) is 13.8 Å². The first-order valence-corrected chi connectivity index (χ1v) is 10.9. The van der Waals surface area contributed by atoms with Crippen molar-refractivity contribution in [3.63, 3.8) is 0 Å². The van der Waals surface area contributed by atoms with E-state index in [1.165, 1.54) is 26.4 Å². The van der Waals surface area contributed by atoms with Crippen LogP contribution in [0.25, 0.3) is 0 Å². The summed E-state index contributed by atoms with van der Waals surface area (Å²) in [6.07, 6.45) is 7.56. The normalized spacial score (nSPS) is 19.1. The van der Waals surface area contributed by atoms with Crippen LogP contribution < -0.4 is 5.32 Å². The number of methoxy groups -OCH3 is 1. The van der Waals surface area contributed by atoms with Gasteiger partial charge in [-0.2, -0.15) is 0 Å². The molecular formula is C21H31NO5S. The standard InChI is InChI=1S/C21H31NO5S/c1-5-7-8-14-9-11-15(12-10-14)18(23)22-19-16(20(24)27-6-2)13(3)17(28-19)21(25)26-4/h14-15H,5-12H2,1-4H3,(H,22,23). The highest BCUT2D eigenvalue weighted by atomic mass is 32.1. The minimum Gasteiger partial charge on any atom is -0.465 e. The molecule has 1 heterocycles. The number of hydrogen-bond acceptors (Lipinski definition) is 6. The number of amides is 1. The number of hydrogen-bond donors (Lipinski definition) is 1. The Morgan fingerprint density at radius 2 is 1.79 bits per heavy atom. The Kier molecular flexibility index (Phi) is 8.48. The summed E-state index contributed by atoms with van der Waals surface area (Å²) < 4.78 is 9.92. The monoisotopic (exact) mass is 409 g/mol. The van der Waals surface area contributed by atoms with Gasteiger partial charge in [-0.1, -0.05) is 26.2 Å². The molecule has 0 radical (unpaired) electrons. The third-order valence-corrected chi connectivity index (χ3v) is 6.60. The van der Waals surface area contributed by atoms with Crippen molar-refractivity contribution in [2.45, 2.75) is 65.7 Å². The van der Waals surface area contributed by atoms with Crippen LogP contribution in [0.15, 0.2) is 0 Å². The van der Waals surface area contributed by atoms with Crippen molar-refractivity contribution in [2.24, 2.45) is 11.8 Å². The molecule has 0 saturated heterocycles. The lowest BCUT2D eigenvalue weighted by atomic mass is 9.79. The minimum absolute atomic E-state index is 0.0584. The van der Waals surface area contributed by atoms with E-state index in [4.69, 9.17) is 9.47 Å². The van der Waals surface area contributed by atoms with Gasteiger partial charge in [-0.25, -0.2) is 9.59 Å². The van der Waals surface area contributed by atoms with E-state index < -0.39 is 11.9 Å². The largest absolute Gasteiger partial charge is 0.465 e. The van der Waals surface area contributed by atoms with Crippen molar-refractivity contribution in [1.29, 1.82) is 0 Å². The van der Waals surface area contributed by atoms with Gasteiger partial charge in [-0.05, 0) is 51.0 Å². The quantitative estimate of drug-likeness (QED) is 0.614. The molecule has 28 heavy (non-hydrogen) atoms. The van der Waals surface area contributed by atoms with E-state index in [-0.39, 0.29) is 24.0 Å². The summed E-state index contributed by atoms with van der Waals surface area (Å²) in [7, 11) is 1.29. The second kappa shape index (κ2) is 10.6. The van der Waals surface area contributed by atoms with Gasteiger partial charge in [0.1, 0.15) is 9.88 Å². The number of esters is 2. The van der Waals surface area contributed by atoms with Gasteiger partial charge in [0.05, 0.1) is 19.3 Å². The van der Waals surface area contributed by atoms with Gasteiger partial charge in [-0.3, -0.25) is 4.79 Å². The molecule has 7 heteroatoms. The smallest absolute Gasteiger partial charge is 0.348 e. The molecule has 0 unspecified atom stereocenters. The van der Waals surface area contributed by atoms with Gasteiger partial charge in [-0.15, -0.1) is 11.3 Å². The Balaban J connectivity index is 2.13. The van der Waals surface area contributed by atoms with E-state index in [0.29, 0.717) is 21.4 Å². The van der Waals surface area contributed by atoms with Crippen LogP contribution >= 0.6 is 11.3 Å². The van der Waals surface area contributed by atoms with Crippen LogP contribution in [0.2, 0.25) is 0 Å². The van der Waals surface area contributed by atoms with Crippen molar-refractivity contribution in [3.8, 4) is 0 Å². The number of thiophene rings is 1. The Bertz CT molecular complexity index is 704. The highest BCUT2D eigenvalue weighted by Gasteiger charge is 2.30. The molecule has 0 spiro atoms. The first-order valence-electron chi connectivity index (χ1n) is 10.1. The van der Waals surface area contributed by atoms with E-state index in [2.05, 4.69) is 12.2 Å². The van der Waals surface area contributed by atoms with E-state index >= 15 is 0 Å². The molecule has 0 bridgehead atoms. The summed E-state index contributed by atoms with van der Waals surface area (Å²) in [6, 6.07) is 0. The Morgan fingerprint density at radius 1 is 1.11 bits per heavy atom. The number of carbonyl (C=O) groups is 3. The number of ether oxygens (including phenoxy) is 2. The fourth-order valence-corrected chi connectivity index (χ4v) is 4.87. The molecule has 0 aliphatic heterocycles. The molecule has 1 aromatic heterocycles. The molecule has 1 aliphatic rings. The highest BCUT2D eigenvalue weighted by Crippen LogP contribution is 2.36. The van der Waals surface area contributed by atoms with Gasteiger partial charge >= 0.3 is 11.9 Å². The van der Waals surface area contributed by atoms with Gasteiger partial charge in [0, 0.05) is 5.92 Å². The van der Waals surface area contributed by atoms with Crippen molar-refractivity contribution < 1.29 is 23.9 Å². The van der Waals surface area contributed by atoms with Gasteiger partial charge in [0.15, 0.2) is 0 Å². The summed E-state index contributed by atoms with van der Waals surface area (Å²) in [5.74, 6) is -0.488. The lowest BCUT2D eigenvalue weighted by Crippen LogP contribution is -2.27. The first kappa shape index (κ1) is 22.4. The predicted molar refractivity (Wildman–Crippen MR) is 110 cm³/mol. The molecule has 0 aromatic carbocycles. The van der Waals surface area contributed by atoms with Gasteiger partial charge in [0.2, 0.25) is 5.91 Å². The average molecular weight is 410 g/mol. The lowest BCUT2D eigenvalue weighted by Gasteiger charge is -2.27. The summed E-state index contributed by atoms with van der Waals surface area (Å²) in [5.41, 5.74) is 0.728. The average Bonchev–Trinajstić information content (AvgIpc) is 3.02. The second-order valence-corrected chi connectivity index (χ2v) is 8.34. The number of rotatable bonds is 8. The topological polar surface area (TPSA) is 81.7 Å². The fraction of sp³-hybridized carbons (Fsp3) is 0.667. The van der Waals surface area contributed by atoms with Crippen LogP contribution in [0.4, 0.5) is 5.00 Å². The van der Waals surface area contributed by atoms with Crippen LogP contribution in [0.1, 0.15) is 84.4 Å². The summed E-state index contributed by atoms with van der Waals surface area (Å²) in [5, 5.41) is 3.26. The van der Waals surface area contributed by atoms with E-state index in [1.807, 2.05) is 0 Å². The second-order valence-electron chi connectivity index (χ2n) is 7.32. The third kappa shape index (κ3) is 5.34. The molecule has 1 N–H and O–H groups in total. The number of anilines is 1. The van der Waals surface area contributed by atoms with Gasteiger partial charge in [0.25, 0.3) is 0 Å². The molecule has 156 valence electrons. The third-order valence-electron chi connectivity index (χ3n) is 5.42. The van der Waals surface area contributed by atoms with Crippen LogP contribution in [-0.2, 0) is 14.3 Å². The number of nitrogens with one attached hydrogen (secondary N) is 1. The van der Waals surface area contributed by atoms with Crippen LogP contribution in [-0.4, -0.2) is 31.6 Å². The molecule has 6 nitrogen and oxygen atoms in total. The Labute approximate surface area is 171 Å². The summed E-state index contributed by atoms with van der Waals surface area (Å²) in [6.45, 7) is 5.81. The molecule has 2 rings (SSSR count). The van der Waals surface area contributed by atoms with Gasteiger partial charge < -0.3 is 14.8 Å². The van der Waals surface area contributed by atoms with E-state index in [0.717, 1.165) is 37.0 Å². The molecule has 1 fully saturated rings. The van der Waals surface area contributed by atoms with Crippen molar-refractivity contribution in [2.75, 3.05) is 19.0 Å². The molecule has 1 aromatic rings. The maximum absolute atomic E-state index is 12.8. The number of carbonyl (C=O) groups excluding carboxylic acids is 3. The molecular weight excluding hydrogens is 378 g/mol. The maximum atomic E-state index is 12.8. The van der Waals surface area contributed by atoms with Crippen LogP contribution in [0.3, 0.4) is 0 Å². The molecule has 1 aliphatic carbocycles. The molecule has 1 amide bonds. The maximum Gasteiger partial charge on any atom is 0.348 e. The SMILES string of the molecule is CCCCC1CCC(C(=O)Nc2sc(C(=O)OC)c(C)c2C(=O)OCC)CC1. The van der Waals surface area contributed by atoms with Crippen molar-refractivity contribution >= 4 is 34.2 Å². The summed E-state index contributed by atoms with van der Waals surface area (Å²) in [4.78, 5) is 37.5. The predicted octanol–water partition coefficient (Wildman–Crippen LogP) is 4.95. The van der Waals surface area contributed by atoms with E-state index in [9.17, 15) is 14.4 Å². The van der Waals surface area contributed by atoms with Crippen LogP contribution in [0, 0.1) is 18.8 Å². The lowest BCUT2D eigenvalue weighted by molar-refractivity contribution is -0.121. The molecule has 0 atom stereocenters. The Hall–Kier alpha value is -1.89. The fourth-order valence-electron chi connectivity index (χ4n) is 3.76. The molecule has 1 saturated carbocycles. The Morgan fingerprint density at radius 3 is 2.36 bits per heavy atom. The zero-order chi connectivity index (χ0) is 20.7. The zero-order valence-corrected chi connectivity index (χ0v) is 18.1. The van der Waals surface area contributed by atoms with Crippen LogP contribution in [0.5, 0.6) is 0 Å². The summed E-state index contributed by atoms with van der Waals surface area (Å²) >= 11 is 1.07. The first-order chi connectivity index (χ1) is 13.4. The highest BCUT2D eigenvalue weighted by molar-refractivity contribution is 7.18. The van der Waals surface area contributed by atoms with Crippen molar-refractivity contribution in [1.82, 2.24) is 0 Å². The zero-order valence-electron chi connectivity index (χ0n) is 17.3.